The lowest BCUT2D eigenvalue weighted by Gasteiger charge is -2.19. The predicted molar refractivity (Wildman–Crippen MR) is 109 cm³/mol. The van der Waals surface area contributed by atoms with Crippen LogP contribution in [-0.4, -0.2) is 54.8 Å². The summed E-state index contributed by atoms with van der Waals surface area (Å²) >= 11 is 0. The first kappa shape index (κ1) is 22.2. The molecule has 0 aromatic carbocycles. The van der Waals surface area contributed by atoms with Gasteiger partial charge in [-0.05, 0) is 38.7 Å². The fraction of sp³-hybridized carbons (Fsp3) is 0.500. The van der Waals surface area contributed by atoms with Crippen LogP contribution < -0.4 is 15.4 Å². The first-order valence-corrected chi connectivity index (χ1v) is 10.6. The van der Waals surface area contributed by atoms with Crippen molar-refractivity contribution in [3.05, 3.63) is 30.2 Å². The zero-order valence-electron chi connectivity index (χ0n) is 17.9. The van der Waals surface area contributed by atoms with E-state index in [4.69, 9.17) is 4.74 Å². The molecule has 3 aromatic heterocycles. The number of carbonyl (C=O) groups is 1. The SMILES string of the molecule is CC1(NC(=O)O[C@@H]2CC[C@H](c3cc(Nc4nccc5nc(OC(F)(F)F)cn45)n[nH]3)[C@H]2F)CC1. The van der Waals surface area contributed by atoms with Crippen molar-refractivity contribution in [1.29, 1.82) is 0 Å². The number of H-pyrrole nitrogens is 1. The summed E-state index contributed by atoms with van der Waals surface area (Å²) in [7, 11) is 0. The number of aromatic amines is 1. The molecule has 3 atom stereocenters. The van der Waals surface area contributed by atoms with E-state index in [1.165, 1.54) is 16.7 Å². The number of nitrogens with one attached hydrogen (secondary N) is 3. The van der Waals surface area contributed by atoms with Crippen LogP contribution in [0, 0.1) is 0 Å². The highest BCUT2D eigenvalue weighted by Gasteiger charge is 2.43. The summed E-state index contributed by atoms with van der Waals surface area (Å²) in [6, 6.07) is 2.99. The third kappa shape index (κ3) is 4.70. The van der Waals surface area contributed by atoms with Crippen molar-refractivity contribution in [2.45, 2.75) is 62.7 Å². The van der Waals surface area contributed by atoms with Crippen LogP contribution in [0.25, 0.3) is 5.65 Å². The van der Waals surface area contributed by atoms with E-state index in [1.807, 2.05) is 6.92 Å². The highest BCUT2D eigenvalue weighted by atomic mass is 19.4. The first-order valence-electron chi connectivity index (χ1n) is 10.6. The van der Waals surface area contributed by atoms with Gasteiger partial charge in [0.25, 0.3) is 0 Å². The van der Waals surface area contributed by atoms with Crippen molar-refractivity contribution in [1.82, 2.24) is 29.9 Å². The number of alkyl halides is 4. The van der Waals surface area contributed by atoms with Crippen LogP contribution >= 0.6 is 0 Å². The second-order valence-corrected chi connectivity index (χ2v) is 8.71. The van der Waals surface area contributed by atoms with Crippen molar-refractivity contribution in [3.63, 3.8) is 0 Å². The van der Waals surface area contributed by atoms with Crippen LogP contribution in [0.2, 0.25) is 0 Å². The van der Waals surface area contributed by atoms with E-state index in [-0.39, 0.29) is 23.0 Å². The maximum Gasteiger partial charge on any atom is 0.574 e. The Labute approximate surface area is 190 Å². The van der Waals surface area contributed by atoms with Gasteiger partial charge in [0.15, 0.2) is 5.82 Å². The third-order valence-electron chi connectivity index (χ3n) is 5.98. The van der Waals surface area contributed by atoms with Crippen molar-refractivity contribution in [2.75, 3.05) is 5.32 Å². The number of alkyl carbamates (subject to hydrolysis) is 1. The molecule has 2 fully saturated rings. The molecule has 0 bridgehead atoms. The van der Waals surface area contributed by atoms with Crippen molar-refractivity contribution in [3.8, 4) is 5.88 Å². The van der Waals surface area contributed by atoms with Crippen molar-refractivity contribution in [2.24, 2.45) is 0 Å². The van der Waals surface area contributed by atoms with Gasteiger partial charge in [0.05, 0.1) is 6.20 Å². The molecule has 10 nitrogen and oxygen atoms in total. The zero-order valence-corrected chi connectivity index (χ0v) is 17.9. The molecule has 34 heavy (non-hydrogen) atoms. The number of fused-ring (bicyclic) bond motifs is 1. The Balaban J connectivity index is 1.25. The maximum absolute atomic E-state index is 15.0. The molecule has 0 spiro atoms. The molecule has 3 aromatic rings. The fourth-order valence-corrected chi connectivity index (χ4v) is 3.96. The number of halogens is 4. The molecule has 2 saturated carbocycles. The van der Waals surface area contributed by atoms with Gasteiger partial charge in [0, 0.05) is 29.4 Å². The lowest BCUT2D eigenvalue weighted by atomic mass is 10.0. The lowest BCUT2D eigenvalue weighted by Crippen LogP contribution is -2.38. The molecule has 3 N–H and O–H groups in total. The van der Waals surface area contributed by atoms with E-state index < -0.39 is 36.5 Å². The second kappa shape index (κ2) is 8.02. The van der Waals surface area contributed by atoms with Crippen LogP contribution in [-0.2, 0) is 4.74 Å². The molecule has 0 saturated heterocycles. The van der Waals surface area contributed by atoms with Gasteiger partial charge in [0.2, 0.25) is 11.8 Å². The maximum atomic E-state index is 15.0. The summed E-state index contributed by atoms with van der Waals surface area (Å²) in [5.41, 5.74) is 0.413. The van der Waals surface area contributed by atoms with Crippen LogP contribution in [0.4, 0.5) is 34.1 Å². The molecule has 5 rings (SSSR count). The molecule has 0 unspecified atom stereocenters. The molecular weight excluding hydrogens is 462 g/mol. The molecule has 182 valence electrons. The molecule has 2 aliphatic carbocycles. The summed E-state index contributed by atoms with van der Waals surface area (Å²) < 4.78 is 62.9. The van der Waals surface area contributed by atoms with Gasteiger partial charge in [-0.15, -0.1) is 13.2 Å². The zero-order chi connectivity index (χ0) is 24.1. The number of carbonyl (C=O) groups excluding carboxylic acids is 1. The predicted octanol–water partition coefficient (Wildman–Crippen LogP) is 3.96. The smallest absolute Gasteiger partial charge is 0.443 e. The van der Waals surface area contributed by atoms with Gasteiger partial charge < -0.3 is 20.1 Å². The van der Waals surface area contributed by atoms with E-state index in [0.29, 0.717) is 18.5 Å². The van der Waals surface area contributed by atoms with Crippen LogP contribution in [0.1, 0.15) is 44.2 Å². The van der Waals surface area contributed by atoms with E-state index >= 15 is 4.39 Å². The summed E-state index contributed by atoms with van der Waals surface area (Å²) in [5.74, 6) is -0.780. The van der Waals surface area contributed by atoms with Crippen molar-refractivity contribution < 1.29 is 31.8 Å². The topological polar surface area (TPSA) is 118 Å². The minimum absolute atomic E-state index is 0.134. The Morgan fingerprint density at radius 1 is 1.32 bits per heavy atom. The Morgan fingerprint density at radius 3 is 2.85 bits per heavy atom. The number of ether oxygens (including phenoxy) is 2. The molecular formula is C20H21F4N7O3. The van der Waals surface area contributed by atoms with Crippen molar-refractivity contribution >= 4 is 23.5 Å². The Bertz CT molecular complexity index is 1210. The average molecular weight is 483 g/mol. The highest BCUT2D eigenvalue weighted by molar-refractivity contribution is 5.69. The lowest BCUT2D eigenvalue weighted by molar-refractivity contribution is -0.276. The van der Waals surface area contributed by atoms with Crippen LogP contribution in [0.3, 0.4) is 0 Å². The number of nitrogens with zero attached hydrogens (tertiary/aromatic N) is 4. The van der Waals surface area contributed by atoms with Crippen LogP contribution in [0.5, 0.6) is 5.88 Å². The number of imidazole rings is 1. The number of rotatable bonds is 6. The third-order valence-corrected chi connectivity index (χ3v) is 5.98. The largest absolute Gasteiger partial charge is 0.574 e. The Hall–Kier alpha value is -3.58. The summed E-state index contributed by atoms with van der Waals surface area (Å²) in [5, 5.41) is 12.5. The van der Waals surface area contributed by atoms with Crippen LogP contribution in [0.15, 0.2) is 24.5 Å². The summed E-state index contributed by atoms with van der Waals surface area (Å²) in [6.07, 6.45) is -2.81. The number of hydrogen-bond donors (Lipinski definition) is 3. The highest BCUT2D eigenvalue weighted by Crippen LogP contribution is 2.39. The fourth-order valence-electron chi connectivity index (χ4n) is 3.96. The molecule has 2 aliphatic rings. The Morgan fingerprint density at radius 2 is 2.12 bits per heavy atom. The normalized spacial score (nSPS) is 23.6. The number of anilines is 2. The van der Waals surface area contributed by atoms with E-state index in [0.717, 1.165) is 19.0 Å². The molecule has 0 radical (unpaired) electrons. The minimum Gasteiger partial charge on any atom is -0.443 e. The van der Waals surface area contributed by atoms with Gasteiger partial charge in [-0.2, -0.15) is 10.1 Å². The minimum atomic E-state index is -4.88. The number of aromatic nitrogens is 5. The molecule has 0 aliphatic heterocycles. The van der Waals surface area contributed by atoms with Gasteiger partial charge in [-0.3, -0.25) is 9.50 Å². The van der Waals surface area contributed by atoms with E-state index in [2.05, 4.69) is 35.5 Å². The number of amides is 1. The monoisotopic (exact) mass is 483 g/mol. The van der Waals surface area contributed by atoms with Gasteiger partial charge >= 0.3 is 12.5 Å². The second-order valence-electron chi connectivity index (χ2n) is 8.71. The van der Waals surface area contributed by atoms with Gasteiger partial charge in [0.1, 0.15) is 17.9 Å². The van der Waals surface area contributed by atoms with Gasteiger partial charge in [-0.1, -0.05) is 0 Å². The standard InChI is InChI=1S/C20H21F4N7O3/c1-19(5-6-19)28-18(32)33-12-3-2-10(16(12)21)11-8-13(30-29-11)26-17-25-7-4-14-27-15(9-31(14)17)34-20(22,23)24/h4,7-10,12,16H,2-3,5-6H2,1H3,(H,28,32)(H2,25,26,29,30)/t10-,12-,16-/m1/s1. The quantitative estimate of drug-likeness (QED) is 0.454. The van der Waals surface area contributed by atoms with Gasteiger partial charge in [-0.25, -0.2) is 14.2 Å². The van der Waals surface area contributed by atoms with E-state index in [1.54, 1.807) is 6.07 Å². The summed E-state index contributed by atoms with van der Waals surface area (Å²) in [6.45, 7) is 1.90. The average Bonchev–Trinajstić information content (AvgIpc) is 3.10. The summed E-state index contributed by atoms with van der Waals surface area (Å²) in [4.78, 5) is 19.9. The first-order chi connectivity index (χ1) is 16.1. The molecule has 14 heteroatoms. The molecule has 1 amide bonds. The van der Waals surface area contributed by atoms with E-state index in [9.17, 15) is 18.0 Å². The number of hydrogen-bond acceptors (Lipinski definition) is 7. The molecule has 3 heterocycles. The Kier molecular flexibility index (Phi) is 5.24.